The number of anilines is 1. The number of hydrogen-bond donors (Lipinski definition) is 2. The van der Waals surface area contributed by atoms with Gasteiger partial charge in [-0.05, 0) is 23.1 Å². The zero-order chi connectivity index (χ0) is 12.2. The van der Waals surface area contributed by atoms with Gasteiger partial charge in [0.2, 0.25) is 0 Å². The van der Waals surface area contributed by atoms with Crippen LogP contribution in [0.15, 0.2) is 18.2 Å². The van der Waals surface area contributed by atoms with Crippen molar-refractivity contribution < 1.29 is 4.74 Å². The van der Waals surface area contributed by atoms with Crippen molar-refractivity contribution in [3.05, 3.63) is 23.8 Å². The Hall–Kier alpha value is -1.22. The second-order valence-corrected chi connectivity index (χ2v) is 4.88. The molecule has 3 nitrogen and oxygen atoms in total. The SMILES string of the molecule is COc1ccc(C(C)(C)C)cc1NCCN. The van der Waals surface area contributed by atoms with Gasteiger partial charge in [-0.25, -0.2) is 0 Å². The van der Waals surface area contributed by atoms with Gasteiger partial charge in [-0.15, -0.1) is 0 Å². The summed E-state index contributed by atoms with van der Waals surface area (Å²) in [5, 5.41) is 3.28. The summed E-state index contributed by atoms with van der Waals surface area (Å²) in [7, 11) is 1.68. The molecule has 0 aliphatic carbocycles. The Morgan fingerprint density at radius 3 is 2.50 bits per heavy atom. The monoisotopic (exact) mass is 222 g/mol. The molecule has 0 aromatic heterocycles. The van der Waals surface area contributed by atoms with Gasteiger partial charge in [-0.2, -0.15) is 0 Å². The van der Waals surface area contributed by atoms with Gasteiger partial charge in [-0.3, -0.25) is 0 Å². The lowest BCUT2D eigenvalue weighted by Gasteiger charge is -2.21. The van der Waals surface area contributed by atoms with E-state index < -0.39 is 0 Å². The van der Waals surface area contributed by atoms with E-state index in [0.29, 0.717) is 6.54 Å². The molecule has 16 heavy (non-hydrogen) atoms. The minimum atomic E-state index is 0.144. The topological polar surface area (TPSA) is 47.3 Å². The molecule has 0 saturated heterocycles. The Kier molecular flexibility index (Phi) is 4.19. The third-order valence-corrected chi connectivity index (χ3v) is 2.53. The van der Waals surface area contributed by atoms with Crippen molar-refractivity contribution in [2.45, 2.75) is 26.2 Å². The molecule has 0 fully saturated rings. The van der Waals surface area contributed by atoms with Crippen LogP contribution >= 0.6 is 0 Å². The van der Waals surface area contributed by atoms with Gasteiger partial charge in [0.05, 0.1) is 12.8 Å². The van der Waals surface area contributed by atoms with Crippen molar-refractivity contribution in [1.29, 1.82) is 0 Å². The summed E-state index contributed by atoms with van der Waals surface area (Å²) >= 11 is 0. The van der Waals surface area contributed by atoms with Crippen molar-refractivity contribution in [2.75, 3.05) is 25.5 Å². The molecule has 1 rings (SSSR count). The fraction of sp³-hybridized carbons (Fsp3) is 0.538. The molecule has 1 aromatic carbocycles. The largest absolute Gasteiger partial charge is 0.495 e. The van der Waals surface area contributed by atoms with Gasteiger partial charge < -0.3 is 15.8 Å². The summed E-state index contributed by atoms with van der Waals surface area (Å²) < 4.78 is 5.31. The van der Waals surface area contributed by atoms with Crippen molar-refractivity contribution in [3.63, 3.8) is 0 Å². The predicted octanol–water partition coefficient (Wildman–Crippen LogP) is 2.36. The van der Waals surface area contributed by atoms with Crippen LogP contribution in [-0.2, 0) is 5.41 Å². The molecule has 0 saturated carbocycles. The molecule has 0 unspecified atom stereocenters. The Morgan fingerprint density at radius 1 is 1.31 bits per heavy atom. The average molecular weight is 222 g/mol. The first-order valence-electron chi connectivity index (χ1n) is 5.61. The third kappa shape index (κ3) is 3.14. The first-order valence-corrected chi connectivity index (χ1v) is 5.61. The highest BCUT2D eigenvalue weighted by Crippen LogP contribution is 2.31. The number of nitrogens with one attached hydrogen (secondary N) is 1. The number of methoxy groups -OCH3 is 1. The molecule has 0 radical (unpaired) electrons. The van der Waals surface area contributed by atoms with Gasteiger partial charge in [0.1, 0.15) is 5.75 Å². The molecule has 3 N–H and O–H groups in total. The quantitative estimate of drug-likeness (QED) is 0.822. The second-order valence-electron chi connectivity index (χ2n) is 4.88. The lowest BCUT2D eigenvalue weighted by molar-refractivity contribution is 0.416. The lowest BCUT2D eigenvalue weighted by Crippen LogP contribution is -2.15. The minimum Gasteiger partial charge on any atom is -0.495 e. The Morgan fingerprint density at radius 2 is 2.00 bits per heavy atom. The second kappa shape index (κ2) is 5.21. The van der Waals surface area contributed by atoms with Crippen LogP contribution in [0.3, 0.4) is 0 Å². The van der Waals surface area contributed by atoms with Crippen LogP contribution in [0, 0.1) is 0 Å². The molecule has 0 aliphatic rings. The van der Waals surface area contributed by atoms with Crippen LogP contribution in [0.25, 0.3) is 0 Å². The number of benzene rings is 1. The standard InChI is InChI=1S/C13H22N2O/c1-13(2,3)10-5-6-12(16-4)11(9-10)15-8-7-14/h5-6,9,15H,7-8,14H2,1-4H3. The fourth-order valence-electron chi connectivity index (χ4n) is 1.52. The minimum absolute atomic E-state index is 0.144. The van der Waals surface area contributed by atoms with E-state index in [1.165, 1.54) is 5.56 Å². The lowest BCUT2D eigenvalue weighted by atomic mass is 9.87. The summed E-state index contributed by atoms with van der Waals surface area (Å²) in [6.45, 7) is 7.96. The number of nitrogens with two attached hydrogens (primary N) is 1. The van der Waals surface area contributed by atoms with Crippen molar-refractivity contribution in [1.82, 2.24) is 0 Å². The molecule has 3 heteroatoms. The van der Waals surface area contributed by atoms with Crippen LogP contribution in [0.1, 0.15) is 26.3 Å². The zero-order valence-electron chi connectivity index (χ0n) is 10.6. The van der Waals surface area contributed by atoms with Gasteiger partial charge in [0.25, 0.3) is 0 Å². The van der Waals surface area contributed by atoms with E-state index in [9.17, 15) is 0 Å². The highest BCUT2D eigenvalue weighted by molar-refractivity contribution is 5.59. The van der Waals surface area contributed by atoms with Crippen LogP contribution in [0.4, 0.5) is 5.69 Å². The van der Waals surface area contributed by atoms with E-state index in [2.05, 4.69) is 38.2 Å². The summed E-state index contributed by atoms with van der Waals surface area (Å²) in [6, 6.07) is 6.24. The molecule has 0 heterocycles. The van der Waals surface area contributed by atoms with E-state index in [0.717, 1.165) is 18.0 Å². The summed E-state index contributed by atoms with van der Waals surface area (Å²) in [5.74, 6) is 0.862. The van der Waals surface area contributed by atoms with E-state index in [4.69, 9.17) is 10.5 Å². The smallest absolute Gasteiger partial charge is 0.141 e. The average Bonchev–Trinajstić information content (AvgIpc) is 2.24. The molecular weight excluding hydrogens is 200 g/mol. The number of rotatable bonds is 4. The highest BCUT2D eigenvalue weighted by atomic mass is 16.5. The maximum atomic E-state index is 5.49. The maximum Gasteiger partial charge on any atom is 0.141 e. The highest BCUT2D eigenvalue weighted by Gasteiger charge is 2.15. The molecule has 0 amide bonds. The van der Waals surface area contributed by atoms with E-state index in [1.807, 2.05) is 6.07 Å². The summed E-state index contributed by atoms with van der Waals surface area (Å²) in [5.41, 5.74) is 7.93. The number of hydrogen-bond acceptors (Lipinski definition) is 3. The first-order chi connectivity index (χ1) is 7.49. The van der Waals surface area contributed by atoms with Gasteiger partial charge in [0, 0.05) is 13.1 Å². The summed E-state index contributed by atoms with van der Waals surface area (Å²) in [4.78, 5) is 0. The first kappa shape index (κ1) is 12.8. The van der Waals surface area contributed by atoms with Crippen molar-refractivity contribution in [2.24, 2.45) is 5.73 Å². The summed E-state index contributed by atoms with van der Waals surface area (Å²) in [6.07, 6.45) is 0. The van der Waals surface area contributed by atoms with Crippen molar-refractivity contribution >= 4 is 5.69 Å². The van der Waals surface area contributed by atoms with Crippen LogP contribution < -0.4 is 15.8 Å². The molecule has 0 atom stereocenters. The fourth-order valence-corrected chi connectivity index (χ4v) is 1.52. The van der Waals surface area contributed by atoms with Crippen LogP contribution in [0.5, 0.6) is 5.75 Å². The normalized spacial score (nSPS) is 11.3. The molecule has 1 aromatic rings. The van der Waals surface area contributed by atoms with Gasteiger partial charge >= 0.3 is 0 Å². The van der Waals surface area contributed by atoms with Crippen molar-refractivity contribution in [3.8, 4) is 5.75 Å². The van der Waals surface area contributed by atoms with E-state index >= 15 is 0 Å². The Balaban J connectivity index is 3.01. The molecule has 0 spiro atoms. The maximum absolute atomic E-state index is 5.49. The molecule has 0 aliphatic heterocycles. The Labute approximate surface area is 98.0 Å². The zero-order valence-corrected chi connectivity index (χ0v) is 10.6. The van der Waals surface area contributed by atoms with Gasteiger partial charge in [0.15, 0.2) is 0 Å². The predicted molar refractivity (Wildman–Crippen MR) is 69.2 cm³/mol. The van der Waals surface area contributed by atoms with E-state index in [1.54, 1.807) is 7.11 Å². The van der Waals surface area contributed by atoms with E-state index in [-0.39, 0.29) is 5.41 Å². The molecule has 0 bridgehead atoms. The number of ether oxygens (including phenoxy) is 1. The van der Waals surface area contributed by atoms with Crippen LogP contribution in [-0.4, -0.2) is 20.2 Å². The Bertz CT molecular complexity index is 342. The third-order valence-electron chi connectivity index (χ3n) is 2.53. The molecule has 90 valence electrons. The van der Waals surface area contributed by atoms with Crippen LogP contribution in [0.2, 0.25) is 0 Å². The van der Waals surface area contributed by atoms with Gasteiger partial charge in [-0.1, -0.05) is 26.8 Å². The molecular formula is C13H22N2O.